The number of carboxylic acids is 1. The molecule has 0 spiro atoms. The molecule has 13 heavy (non-hydrogen) atoms. The Bertz CT molecular complexity index is 154. The molecule has 0 aromatic carbocycles. The smallest absolute Gasteiger partial charge is 0.306 e. The van der Waals surface area contributed by atoms with Gasteiger partial charge in [-0.15, -0.1) is 0 Å². The topological polar surface area (TPSA) is 37.3 Å². The van der Waals surface area contributed by atoms with Crippen molar-refractivity contribution in [3.63, 3.8) is 0 Å². The summed E-state index contributed by atoms with van der Waals surface area (Å²) in [5.74, 6) is 0.382. The van der Waals surface area contributed by atoms with Gasteiger partial charge in [-0.25, -0.2) is 0 Å². The Labute approximate surface area is 81.3 Å². The molecule has 0 unspecified atom stereocenters. The number of hydrogen-bond donors (Lipinski definition) is 1. The van der Waals surface area contributed by atoms with E-state index in [2.05, 4.69) is 20.8 Å². The van der Waals surface area contributed by atoms with Crippen molar-refractivity contribution in [1.82, 2.24) is 0 Å². The predicted octanol–water partition coefficient (Wildman–Crippen LogP) is 3.17. The molecule has 3 atom stereocenters. The Balaban J connectivity index is 3.73. The van der Waals surface area contributed by atoms with Crippen molar-refractivity contribution < 1.29 is 9.90 Å². The molecule has 0 aromatic rings. The highest BCUT2D eigenvalue weighted by Gasteiger charge is 2.16. The Hall–Kier alpha value is -0.530. The molecule has 78 valence electrons. The second-order valence-electron chi connectivity index (χ2n) is 4.33. The average Bonchev–Trinajstić information content (AvgIpc) is 2.03. The van der Waals surface area contributed by atoms with Gasteiger partial charge in [-0.2, -0.15) is 0 Å². The van der Waals surface area contributed by atoms with Crippen molar-refractivity contribution in [1.29, 1.82) is 0 Å². The average molecular weight is 186 g/mol. The zero-order chi connectivity index (χ0) is 10.4. The molecule has 0 saturated heterocycles. The standard InChI is InChI=1S/C11H22O2/c1-5-8(2)6-9(3)7-10(4)11(12)13/h8-10H,5-7H2,1-4H3,(H,12,13)/t8-,9-,10-/m0/s1. The van der Waals surface area contributed by atoms with Crippen molar-refractivity contribution >= 4 is 5.97 Å². The number of aliphatic carboxylic acids is 1. The fourth-order valence-corrected chi connectivity index (χ4v) is 1.65. The van der Waals surface area contributed by atoms with Crippen LogP contribution in [0.5, 0.6) is 0 Å². The van der Waals surface area contributed by atoms with E-state index in [1.54, 1.807) is 6.92 Å². The molecule has 0 fully saturated rings. The maximum Gasteiger partial charge on any atom is 0.306 e. The third-order valence-corrected chi connectivity index (χ3v) is 2.68. The van der Waals surface area contributed by atoms with Crippen LogP contribution in [0.15, 0.2) is 0 Å². The summed E-state index contributed by atoms with van der Waals surface area (Å²) >= 11 is 0. The van der Waals surface area contributed by atoms with Crippen LogP contribution in [0.3, 0.4) is 0 Å². The van der Waals surface area contributed by atoms with Gasteiger partial charge in [-0.3, -0.25) is 4.79 Å². The first kappa shape index (κ1) is 12.5. The molecular formula is C11H22O2. The second kappa shape index (κ2) is 6.01. The molecule has 0 aliphatic heterocycles. The van der Waals surface area contributed by atoms with Crippen LogP contribution in [0, 0.1) is 17.8 Å². The summed E-state index contributed by atoms with van der Waals surface area (Å²) in [5, 5.41) is 8.72. The summed E-state index contributed by atoms with van der Waals surface area (Å²) < 4.78 is 0. The van der Waals surface area contributed by atoms with E-state index in [1.165, 1.54) is 6.42 Å². The summed E-state index contributed by atoms with van der Waals surface area (Å²) in [6.07, 6.45) is 3.14. The van der Waals surface area contributed by atoms with Crippen molar-refractivity contribution in [2.24, 2.45) is 17.8 Å². The third kappa shape index (κ3) is 5.67. The molecule has 0 saturated carbocycles. The van der Waals surface area contributed by atoms with Crippen LogP contribution in [0.4, 0.5) is 0 Å². The van der Waals surface area contributed by atoms with Crippen molar-refractivity contribution in [3.05, 3.63) is 0 Å². The first-order chi connectivity index (χ1) is 5.97. The summed E-state index contributed by atoms with van der Waals surface area (Å²) in [6, 6.07) is 0. The van der Waals surface area contributed by atoms with E-state index < -0.39 is 5.97 Å². The molecule has 0 rings (SSSR count). The lowest BCUT2D eigenvalue weighted by molar-refractivity contribution is -0.141. The quantitative estimate of drug-likeness (QED) is 0.691. The van der Waals surface area contributed by atoms with E-state index >= 15 is 0 Å². The molecule has 0 aliphatic carbocycles. The monoisotopic (exact) mass is 186 g/mol. The highest BCUT2D eigenvalue weighted by Crippen LogP contribution is 2.21. The summed E-state index contributed by atoms with van der Waals surface area (Å²) in [5.41, 5.74) is 0. The van der Waals surface area contributed by atoms with Crippen molar-refractivity contribution in [3.8, 4) is 0 Å². The highest BCUT2D eigenvalue weighted by molar-refractivity contribution is 5.69. The first-order valence-corrected chi connectivity index (χ1v) is 5.20. The van der Waals surface area contributed by atoms with Gasteiger partial charge in [0.2, 0.25) is 0 Å². The third-order valence-electron chi connectivity index (χ3n) is 2.68. The Kier molecular flexibility index (Phi) is 5.76. The van der Waals surface area contributed by atoms with Crippen molar-refractivity contribution in [2.45, 2.75) is 47.0 Å². The zero-order valence-electron chi connectivity index (χ0n) is 9.21. The van der Waals surface area contributed by atoms with E-state index in [1.807, 2.05) is 0 Å². The highest BCUT2D eigenvalue weighted by atomic mass is 16.4. The van der Waals surface area contributed by atoms with E-state index in [0.29, 0.717) is 5.92 Å². The number of rotatable bonds is 6. The number of carboxylic acid groups (broad SMARTS) is 1. The summed E-state index contributed by atoms with van der Waals surface area (Å²) in [6.45, 7) is 8.33. The maximum atomic E-state index is 10.6. The van der Waals surface area contributed by atoms with Crippen LogP contribution in [-0.2, 0) is 4.79 Å². The predicted molar refractivity (Wildman–Crippen MR) is 54.7 cm³/mol. The van der Waals surface area contributed by atoms with Crippen LogP contribution in [0.2, 0.25) is 0 Å². The van der Waals surface area contributed by atoms with Gasteiger partial charge in [0.05, 0.1) is 5.92 Å². The maximum absolute atomic E-state index is 10.6. The molecule has 0 heterocycles. The Morgan fingerprint density at radius 2 is 1.69 bits per heavy atom. The minimum atomic E-state index is -0.670. The number of hydrogen-bond acceptors (Lipinski definition) is 1. The van der Waals surface area contributed by atoms with Crippen LogP contribution >= 0.6 is 0 Å². The van der Waals surface area contributed by atoms with Gasteiger partial charge in [-0.05, 0) is 24.7 Å². The van der Waals surface area contributed by atoms with E-state index in [4.69, 9.17) is 5.11 Å². The molecular weight excluding hydrogens is 164 g/mol. The van der Waals surface area contributed by atoms with Gasteiger partial charge in [-0.1, -0.05) is 34.1 Å². The molecule has 0 aromatic heterocycles. The van der Waals surface area contributed by atoms with E-state index in [9.17, 15) is 4.79 Å². The van der Waals surface area contributed by atoms with Gasteiger partial charge in [0.25, 0.3) is 0 Å². The SMILES string of the molecule is CC[C@H](C)C[C@H](C)C[C@H](C)C(=O)O. The van der Waals surface area contributed by atoms with Gasteiger partial charge >= 0.3 is 5.97 Å². The zero-order valence-corrected chi connectivity index (χ0v) is 9.21. The van der Waals surface area contributed by atoms with Crippen LogP contribution in [-0.4, -0.2) is 11.1 Å². The van der Waals surface area contributed by atoms with Gasteiger partial charge in [0.15, 0.2) is 0 Å². The van der Waals surface area contributed by atoms with Crippen LogP contribution in [0.25, 0.3) is 0 Å². The summed E-state index contributed by atoms with van der Waals surface area (Å²) in [4.78, 5) is 10.6. The van der Waals surface area contributed by atoms with Gasteiger partial charge in [0.1, 0.15) is 0 Å². The number of carbonyl (C=O) groups is 1. The lowest BCUT2D eigenvalue weighted by atomic mass is 9.89. The first-order valence-electron chi connectivity index (χ1n) is 5.20. The summed E-state index contributed by atoms with van der Waals surface area (Å²) in [7, 11) is 0. The molecule has 0 amide bonds. The van der Waals surface area contributed by atoms with Gasteiger partial charge in [0, 0.05) is 0 Å². The Morgan fingerprint density at radius 1 is 1.15 bits per heavy atom. The lowest BCUT2D eigenvalue weighted by Crippen LogP contribution is -2.14. The minimum Gasteiger partial charge on any atom is -0.481 e. The van der Waals surface area contributed by atoms with Crippen molar-refractivity contribution in [2.75, 3.05) is 0 Å². The molecule has 0 radical (unpaired) electrons. The molecule has 2 heteroatoms. The molecule has 0 bridgehead atoms. The van der Waals surface area contributed by atoms with Gasteiger partial charge < -0.3 is 5.11 Å². The minimum absolute atomic E-state index is 0.195. The van der Waals surface area contributed by atoms with Crippen LogP contribution in [0.1, 0.15) is 47.0 Å². The van der Waals surface area contributed by atoms with E-state index in [0.717, 1.165) is 18.8 Å². The fraction of sp³-hybridized carbons (Fsp3) is 0.909. The Morgan fingerprint density at radius 3 is 2.08 bits per heavy atom. The normalized spacial score (nSPS) is 17.8. The largest absolute Gasteiger partial charge is 0.481 e. The second-order valence-corrected chi connectivity index (χ2v) is 4.33. The molecule has 1 N–H and O–H groups in total. The molecule has 0 aliphatic rings. The van der Waals surface area contributed by atoms with E-state index in [-0.39, 0.29) is 5.92 Å². The molecule has 2 nitrogen and oxygen atoms in total. The lowest BCUT2D eigenvalue weighted by Gasteiger charge is -2.17. The fourth-order valence-electron chi connectivity index (χ4n) is 1.65. The van der Waals surface area contributed by atoms with Crippen LogP contribution < -0.4 is 0 Å².